The highest BCUT2D eigenvalue weighted by molar-refractivity contribution is 5.91. The summed E-state index contributed by atoms with van der Waals surface area (Å²) in [6, 6.07) is 0.522. The van der Waals surface area contributed by atoms with E-state index < -0.39 is 0 Å². The smallest absolute Gasteiger partial charge is 0.155 e. The number of ketones is 1. The van der Waals surface area contributed by atoms with E-state index in [1.165, 1.54) is 37.7 Å². The number of fused-ring (bicyclic) bond motifs is 6. The molecule has 2 heterocycles. The molecule has 0 aromatic carbocycles. The molecule has 0 radical (unpaired) electrons. The van der Waals surface area contributed by atoms with E-state index in [4.69, 9.17) is 4.74 Å². The molecule has 4 aliphatic carbocycles. The van der Waals surface area contributed by atoms with Gasteiger partial charge >= 0.3 is 0 Å². The summed E-state index contributed by atoms with van der Waals surface area (Å²) >= 11 is 0. The highest BCUT2D eigenvalue weighted by Crippen LogP contribution is 2.65. The molecule has 3 nitrogen and oxygen atoms in total. The zero-order chi connectivity index (χ0) is 20.8. The molecule has 2 aliphatic heterocycles. The minimum Gasteiger partial charge on any atom is -0.365 e. The average Bonchev–Trinajstić information content (AvgIpc) is 3.23. The van der Waals surface area contributed by atoms with E-state index in [9.17, 15) is 4.79 Å². The fourth-order valence-electron chi connectivity index (χ4n) is 9.00. The predicted molar refractivity (Wildman–Crippen MR) is 119 cm³/mol. The van der Waals surface area contributed by atoms with E-state index in [0.717, 1.165) is 43.6 Å². The molecule has 1 spiro atoms. The Kier molecular flexibility index (Phi) is 4.30. The molecule has 2 saturated heterocycles. The summed E-state index contributed by atoms with van der Waals surface area (Å²) in [5.74, 6) is 3.95. The number of ether oxygens (including phenoxy) is 1. The molecule has 6 aliphatic rings. The Morgan fingerprint density at radius 1 is 1.17 bits per heavy atom. The molecule has 2 saturated carbocycles. The second-order valence-electron chi connectivity index (χ2n) is 12.0. The first kappa shape index (κ1) is 19.7. The van der Waals surface area contributed by atoms with Crippen molar-refractivity contribution in [3.05, 3.63) is 22.8 Å². The van der Waals surface area contributed by atoms with Crippen LogP contribution in [-0.4, -0.2) is 30.1 Å². The highest BCUT2D eigenvalue weighted by atomic mass is 16.5. The van der Waals surface area contributed by atoms with E-state index in [2.05, 4.69) is 33.0 Å². The van der Waals surface area contributed by atoms with Crippen LogP contribution in [0.25, 0.3) is 0 Å². The number of hydrogen-bond donors (Lipinski definition) is 1. The lowest BCUT2D eigenvalue weighted by atomic mass is 9.56. The SMILES string of the molecule is CC1=C2C[C@H]3[C@@H](CCC4=CC(=O)CC[C@@]43C)[C@@H]2CC[C@]12O[C@@H]1C[C@H](C)CN[C@H]1[C@H]2C. The van der Waals surface area contributed by atoms with Gasteiger partial charge in [-0.3, -0.25) is 4.79 Å². The van der Waals surface area contributed by atoms with Gasteiger partial charge in [0.15, 0.2) is 5.78 Å². The van der Waals surface area contributed by atoms with Crippen molar-refractivity contribution in [1.29, 1.82) is 0 Å². The Labute approximate surface area is 182 Å². The summed E-state index contributed by atoms with van der Waals surface area (Å²) < 4.78 is 7.02. The van der Waals surface area contributed by atoms with Crippen molar-refractivity contribution in [2.75, 3.05) is 6.54 Å². The molecule has 0 bridgehead atoms. The van der Waals surface area contributed by atoms with Crippen LogP contribution in [0.15, 0.2) is 22.8 Å². The molecule has 30 heavy (non-hydrogen) atoms. The van der Waals surface area contributed by atoms with E-state index in [1.807, 2.05) is 6.08 Å². The Morgan fingerprint density at radius 2 is 2.00 bits per heavy atom. The van der Waals surface area contributed by atoms with E-state index >= 15 is 0 Å². The fraction of sp³-hybridized carbons (Fsp3) is 0.815. The van der Waals surface area contributed by atoms with Crippen LogP contribution in [0.4, 0.5) is 0 Å². The lowest BCUT2D eigenvalue weighted by Gasteiger charge is -2.48. The van der Waals surface area contributed by atoms with Gasteiger partial charge in [-0.1, -0.05) is 31.9 Å². The van der Waals surface area contributed by atoms with Gasteiger partial charge in [-0.05, 0) is 99.1 Å². The molecular formula is C27H39NO2. The zero-order valence-corrected chi connectivity index (χ0v) is 19.3. The predicted octanol–water partition coefficient (Wildman–Crippen LogP) is 5.21. The first-order valence-electron chi connectivity index (χ1n) is 12.7. The molecule has 0 aromatic heterocycles. The maximum absolute atomic E-state index is 12.1. The second-order valence-corrected chi connectivity index (χ2v) is 12.0. The number of carbonyl (C=O) groups is 1. The number of nitrogens with one attached hydrogen (secondary N) is 1. The standard InChI is InChI=1S/C27H39NO2/c1-15-11-24-25(28-14-15)17(3)27(30-24)10-8-20-21-6-5-18-12-19(29)7-9-26(18,4)23(21)13-22(20)16(27)2/h12,15,17,20-21,23-25,28H,5-11,13-14H2,1-4H3/t15-,17+,20-,21-,23-,24+,25-,26-,27-/m0/s1. The van der Waals surface area contributed by atoms with Gasteiger partial charge in [0.05, 0.1) is 11.7 Å². The van der Waals surface area contributed by atoms with Crippen molar-refractivity contribution in [3.63, 3.8) is 0 Å². The number of hydrogen-bond acceptors (Lipinski definition) is 3. The normalized spacial score (nSPS) is 52.6. The molecule has 9 atom stereocenters. The number of piperidine rings is 1. The van der Waals surface area contributed by atoms with Gasteiger partial charge in [0.25, 0.3) is 0 Å². The molecule has 6 rings (SSSR count). The zero-order valence-electron chi connectivity index (χ0n) is 19.3. The Morgan fingerprint density at radius 3 is 2.83 bits per heavy atom. The van der Waals surface area contributed by atoms with Crippen molar-refractivity contribution in [2.24, 2.45) is 35.0 Å². The maximum Gasteiger partial charge on any atom is 0.155 e. The summed E-state index contributed by atoms with van der Waals surface area (Å²) in [6.45, 7) is 10.9. The van der Waals surface area contributed by atoms with Crippen molar-refractivity contribution in [2.45, 2.75) is 96.8 Å². The van der Waals surface area contributed by atoms with Crippen LogP contribution < -0.4 is 5.32 Å². The van der Waals surface area contributed by atoms with Crippen molar-refractivity contribution < 1.29 is 9.53 Å². The van der Waals surface area contributed by atoms with Gasteiger partial charge in [0, 0.05) is 18.4 Å². The second kappa shape index (κ2) is 6.54. The van der Waals surface area contributed by atoms with Gasteiger partial charge in [-0.25, -0.2) is 0 Å². The first-order valence-corrected chi connectivity index (χ1v) is 12.7. The lowest BCUT2D eigenvalue weighted by Crippen LogP contribution is -2.49. The van der Waals surface area contributed by atoms with E-state index in [0.29, 0.717) is 29.8 Å². The van der Waals surface area contributed by atoms with Gasteiger partial charge in [-0.15, -0.1) is 0 Å². The van der Waals surface area contributed by atoms with Crippen LogP contribution in [0.2, 0.25) is 0 Å². The van der Waals surface area contributed by atoms with Crippen LogP contribution in [0.1, 0.15) is 79.1 Å². The number of carbonyl (C=O) groups excluding carboxylic acids is 1. The molecule has 4 fully saturated rings. The lowest BCUT2D eigenvalue weighted by molar-refractivity contribution is -0.116. The quantitative estimate of drug-likeness (QED) is 0.558. The Hall–Kier alpha value is -0.930. The third kappa shape index (κ3) is 2.48. The van der Waals surface area contributed by atoms with Crippen LogP contribution in [0.3, 0.4) is 0 Å². The van der Waals surface area contributed by atoms with Crippen LogP contribution in [0, 0.1) is 35.0 Å². The van der Waals surface area contributed by atoms with E-state index in [-0.39, 0.29) is 11.0 Å². The average molecular weight is 410 g/mol. The minimum absolute atomic E-state index is 0.0339. The highest BCUT2D eigenvalue weighted by Gasteiger charge is 2.60. The third-order valence-corrected chi connectivity index (χ3v) is 10.8. The Bertz CT molecular complexity index is 842. The number of rotatable bonds is 0. The molecule has 0 unspecified atom stereocenters. The van der Waals surface area contributed by atoms with Gasteiger partial charge in [0.1, 0.15) is 0 Å². The van der Waals surface area contributed by atoms with Crippen LogP contribution in [-0.2, 0) is 9.53 Å². The summed E-state index contributed by atoms with van der Waals surface area (Å²) in [5, 5.41) is 3.84. The van der Waals surface area contributed by atoms with Crippen LogP contribution in [0.5, 0.6) is 0 Å². The first-order chi connectivity index (χ1) is 14.3. The third-order valence-electron chi connectivity index (χ3n) is 10.8. The maximum atomic E-state index is 12.1. The molecule has 164 valence electrons. The van der Waals surface area contributed by atoms with E-state index in [1.54, 1.807) is 11.1 Å². The van der Waals surface area contributed by atoms with Crippen molar-refractivity contribution in [3.8, 4) is 0 Å². The van der Waals surface area contributed by atoms with Gasteiger partial charge in [0.2, 0.25) is 0 Å². The Balaban J connectivity index is 1.36. The van der Waals surface area contributed by atoms with Crippen LogP contribution >= 0.6 is 0 Å². The topological polar surface area (TPSA) is 38.3 Å². The molecule has 3 heteroatoms. The monoisotopic (exact) mass is 409 g/mol. The minimum atomic E-state index is -0.0339. The summed E-state index contributed by atoms with van der Waals surface area (Å²) in [7, 11) is 0. The summed E-state index contributed by atoms with van der Waals surface area (Å²) in [5.41, 5.74) is 5.05. The summed E-state index contributed by atoms with van der Waals surface area (Å²) in [6.07, 6.45) is 11.7. The molecule has 0 aromatic rings. The largest absolute Gasteiger partial charge is 0.365 e. The molecule has 1 N–H and O–H groups in total. The molecule has 0 amide bonds. The summed E-state index contributed by atoms with van der Waals surface area (Å²) in [4.78, 5) is 12.1. The van der Waals surface area contributed by atoms with Crippen molar-refractivity contribution >= 4 is 5.78 Å². The van der Waals surface area contributed by atoms with Gasteiger partial charge in [-0.2, -0.15) is 0 Å². The fourth-order valence-corrected chi connectivity index (χ4v) is 9.00. The molecular weight excluding hydrogens is 370 g/mol. The van der Waals surface area contributed by atoms with Gasteiger partial charge < -0.3 is 10.1 Å². The number of allylic oxidation sites excluding steroid dienone is 3. The van der Waals surface area contributed by atoms with Crippen molar-refractivity contribution in [1.82, 2.24) is 5.32 Å².